The molecule has 1 heterocycles. The first-order valence-electron chi connectivity index (χ1n) is 8.42. The molecule has 0 saturated carbocycles. The normalized spacial score (nSPS) is 13.7. The van der Waals surface area contributed by atoms with Crippen molar-refractivity contribution in [2.75, 3.05) is 18.0 Å². The summed E-state index contributed by atoms with van der Waals surface area (Å²) in [7, 11) is 0. The third-order valence-corrected chi connectivity index (χ3v) is 4.45. The monoisotopic (exact) mass is 339 g/mol. The van der Waals surface area contributed by atoms with Crippen LogP contribution in [-0.2, 0) is 6.54 Å². The van der Waals surface area contributed by atoms with Crippen molar-refractivity contribution in [1.82, 2.24) is 5.32 Å². The van der Waals surface area contributed by atoms with Gasteiger partial charge in [-0.2, -0.15) is 0 Å². The number of hydrogen-bond acceptors (Lipinski definition) is 4. The molecule has 0 radical (unpaired) electrons. The molecule has 0 aromatic heterocycles. The second-order valence-electron chi connectivity index (χ2n) is 6.32. The standard InChI is InChI=1S/C19H21N3O3/c1-14-4-6-15(7-5-14)13-20-19(23)16-8-9-17(18(12-16)22(24)25)21-10-2-3-11-21/h4-9,12H,2-3,10-11,13H2,1H3,(H,20,23). The number of benzene rings is 2. The summed E-state index contributed by atoms with van der Waals surface area (Å²) in [5.74, 6) is -0.309. The lowest BCUT2D eigenvalue weighted by atomic mass is 10.1. The maximum Gasteiger partial charge on any atom is 0.293 e. The number of hydrogen-bond donors (Lipinski definition) is 1. The van der Waals surface area contributed by atoms with E-state index in [1.54, 1.807) is 12.1 Å². The van der Waals surface area contributed by atoms with Crippen molar-refractivity contribution in [3.05, 3.63) is 69.3 Å². The molecule has 1 aliphatic heterocycles. The average molecular weight is 339 g/mol. The predicted octanol–water partition coefficient (Wildman–Crippen LogP) is 3.43. The lowest BCUT2D eigenvalue weighted by molar-refractivity contribution is -0.384. The van der Waals surface area contributed by atoms with Crippen LogP contribution in [0.15, 0.2) is 42.5 Å². The Hall–Kier alpha value is -2.89. The van der Waals surface area contributed by atoms with Crippen molar-refractivity contribution in [2.45, 2.75) is 26.3 Å². The first kappa shape index (κ1) is 17.0. The molecule has 1 fully saturated rings. The number of carbonyl (C=O) groups is 1. The van der Waals surface area contributed by atoms with Gasteiger partial charge in [0.2, 0.25) is 0 Å². The minimum Gasteiger partial charge on any atom is -0.366 e. The summed E-state index contributed by atoms with van der Waals surface area (Å²) in [5.41, 5.74) is 3.04. The predicted molar refractivity (Wildman–Crippen MR) is 96.9 cm³/mol. The fourth-order valence-corrected chi connectivity index (χ4v) is 3.03. The van der Waals surface area contributed by atoms with Crippen molar-refractivity contribution in [3.63, 3.8) is 0 Å². The molecule has 1 saturated heterocycles. The number of nitro benzene ring substituents is 1. The maximum atomic E-state index is 12.3. The SMILES string of the molecule is Cc1ccc(CNC(=O)c2ccc(N3CCCC3)c([N+](=O)[O-])c2)cc1. The highest BCUT2D eigenvalue weighted by molar-refractivity contribution is 5.95. The van der Waals surface area contributed by atoms with E-state index in [0.717, 1.165) is 37.1 Å². The van der Waals surface area contributed by atoms with Crippen LogP contribution < -0.4 is 10.2 Å². The van der Waals surface area contributed by atoms with Crippen molar-refractivity contribution in [3.8, 4) is 0 Å². The summed E-state index contributed by atoms with van der Waals surface area (Å²) in [5, 5.41) is 14.2. The number of anilines is 1. The van der Waals surface area contributed by atoms with Crippen molar-refractivity contribution < 1.29 is 9.72 Å². The summed E-state index contributed by atoms with van der Waals surface area (Å²) < 4.78 is 0. The highest BCUT2D eigenvalue weighted by atomic mass is 16.6. The smallest absolute Gasteiger partial charge is 0.293 e. The summed E-state index contributed by atoms with van der Waals surface area (Å²) in [6, 6.07) is 12.6. The zero-order valence-electron chi connectivity index (χ0n) is 14.2. The molecule has 2 aromatic carbocycles. The van der Waals surface area contributed by atoms with Gasteiger partial charge in [-0.25, -0.2) is 0 Å². The van der Waals surface area contributed by atoms with Crippen molar-refractivity contribution in [1.29, 1.82) is 0 Å². The molecule has 1 aliphatic rings. The average Bonchev–Trinajstić information content (AvgIpc) is 3.15. The van der Waals surface area contributed by atoms with Crippen LogP contribution in [0.5, 0.6) is 0 Å². The Morgan fingerprint density at radius 1 is 1.16 bits per heavy atom. The van der Waals surface area contributed by atoms with E-state index in [1.165, 1.54) is 6.07 Å². The second-order valence-corrected chi connectivity index (χ2v) is 6.32. The summed E-state index contributed by atoms with van der Waals surface area (Å²) in [6.07, 6.45) is 2.08. The molecule has 2 aromatic rings. The van der Waals surface area contributed by atoms with Crippen LogP contribution in [0.3, 0.4) is 0 Å². The van der Waals surface area contributed by atoms with E-state index in [2.05, 4.69) is 5.32 Å². The Morgan fingerprint density at radius 2 is 1.84 bits per heavy atom. The summed E-state index contributed by atoms with van der Waals surface area (Å²) >= 11 is 0. The highest BCUT2D eigenvalue weighted by Crippen LogP contribution is 2.31. The van der Waals surface area contributed by atoms with Crippen molar-refractivity contribution >= 4 is 17.3 Å². The number of rotatable bonds is 5. The molecule has 0 bridgehead atoms. The van der Waals surface area contributed by atoms with E-state index >= 15 is 0 Å². The van der Waals surface area contributed by atoms with Gasteiger partial charge in [0.15, 0.2) is 0 Å². The molecule has 1 amide bonds. The highest BCUT2D eigenvalue weighted by Gasteiger charge is 2.23. The fraction of sp³-hybridized carbons (Fsp3) is 0.316. The quantitative estimate of drug-likeness (QED) is 0.669. The first-order valence-corrected chi connectivity index (χ1v) is 8.42. The number of nitro groups is 1. The zero-order chi connectivity index (χ0) is 17.8. The molecule has 6 nitrogen and oxygen atoms in total. The third-order valence-electron chi connectivity index (χ3n) is 4.45. The molecule has 0 aliphatic carbocycles. The lowest BCUT2D eigenvalue weighted by Crippen LogP contribution is -2.23. The minimum absolute atomic E-state index is 0.00936. The zero-order valence-corrected chi connectivity index (χ0v) is 14.2. The molecule has 1 N–H and O–H groups in total. The molecule has 130 valence electrons. The first-order chi connectivity index (χ1) is 12.0. The van der Waals surface area contributed by atoms with Crippen LogP contribution in [0.25, 0.3) is 0 Å². The third kappa shape index (κ3) is 3.96. The van der Waals surface area contributed by atoms with E-state index in [-0.39, 0.29) is 11.6 Å². The Balaban J connectivity index is 1.74. The van der Waals surface area contributed by atoms with Crippen LogP contribution in [0.2, 0.25) is 0 Å². The minimum atomic E-state index is -0.412. The number of carbonyl (C=O) groups excluding carboxylic acids is 1. The van der Waals surface area contributed by atoms with E-state index in [4.69, 9.17) is 0 Å². The van der Waals surface area contributed by atoms with Gasteiger partial charge in [-0.05, 0) is 37.5 Å². The molecular weight excluding hydrogens is 318 g/mol. The van der Waals surface area contributed by atoms with Crippen molar-refractivity contribution in [2.24, 2.45) is 0 Å². The van der Waals surface area contributed by atoms with Gasteiger partial charge in [0.25, 0.3) is 11.6 Å². The topological polar surface area (TPSA) is 75.5 Å². The fourth-order valence-electron chi connectivity index (χ4n) is 3.03. The van der Waals surface area contributed by atoms with Gasteiger partial charge in [-0.1, -0.05) is 29.8 Å². The van der Waals surface area contributed by atoms with Crippen LogP contribution in [0.4, 0.5) is 11.4 Å². The molecular formula is C19H21N3O3. The molecule has 6 heteroatoms. The number of amides is 1. The Bertz CT molecular complexity index is 781. The molecule has 25 heavy (non-hydrogen) atoms. The lowest BCUT2D eigenvalue weighted by Gasteiger charge is -2.17. The van der Waals surface area contributed by atoms with Gasteiger partial charge in [-0.3, -0.25) is 14.9 Å². The molecule has 0 unspecified atom stereocenters. The van der Waals surface area contributed by atoms with Crippen LogP contribution in [-0.4, -0.2) is 23.9 Å². The molecule has 0 spiro atoms. The van der Waals surface area contributed by atoms with Crippen LogP contribution in [0.1, 0.15) is 34.3 Å². The number of aryl methyl sites for hydroxylation is 1. The number of nitrogens with one attached hydrogen (secondary N) is 1. The Morgan fingerprint density at radius 3 is 2.48 bits per heavy atom. The summed E-state index contributed by atoms with van der Waals surface area (Å²) in [4.78, 5) is 25.4. The Kier molecular flexibility index (Phi) is 4.97. The maximum absolute atomic E-state index is 12.3. The van der Waals surface area contributed by atoms with Gasteiger partial charge in [0.1, 0.15) is 5.69 Å². The van der Waals surface area contributed by atoms with Gasteiger partial charge in [0.05, 0.1) is 4.92 Å². The van der Waals surface area contributed by atoms with Crippen LogP contribution in [0, 0.1) is 17.0 Å². The number of nitrogens with zero attached hydrogens (tertiary/aromatic N) is 2. The Labute approximate surface area is 146 Å². The largest absolute Gasteiger partial charge is 0.366 e. The summed E-state index contributed by atoms with van der Waals surface area (Å²) in [6.45, 7) is 4.03. The molecule has 0 atom stereocenters. The van der Waals surface area contributed by atoms with E-state index in [9.17, 15) is 14.9 Å². The van der Waals surface area contributed by atoms with Crippen LogP contribution >= 0.6 is 0 Å². The van der Waals surface area contributed by atoms with E-state index in [0.29, 0.717) is 17.8 Å². The van der Waals surface area contributed by atoms with Gasteiger partial charge in [-0.15, -0.1) is 0 Å². The molecule has 3 rings (SSSR count). The van der Waals surface area contributed by atoms with Gasteiger partial charge in [0, 0.05) is 31.3 Å². The van der Waals surface area contributed by atoms with E-state index in [1.807, 2.05) is 36.1 Å². The van der Waals surface area contributed by atoms with Gasteiger partial charge < -0.3 is 10.2 Å². The van der Waals surface area contributed by atoms with Gasteiger partial charge >= 0.3 is 0 Å². The second kappa shape index (κ2) is 7.34. The van der Waals surface area contributed by atoms with E-state index < -0.39 is 4.92 Å².